The lowest BCUT2D eigenvalue weighted by molar-refractivity contribution is -0.116. The van der Waals surface area contributed by atoms with E-state index in [1.807, 2.05) is 41.4 Å². The normalized spacial score (nSPS) is 13.9. The number of rotatable bonds is 5. The number of aryl methyl sites for hydroxylation is 2. The van der Waals surface area contributed by atoms with E-state index in [0.29, 0.717) is 6.42 Å². The van der Waals surface area contributed by atoms with Gasteiger partial charge in [-0.25, -0.2) is 16.4 Å². The zero-order valence-electron chi connectivity index (χ0n) is 20.1. The van der Waals surface area contributed by atoms with E-state index < -0.39 is 0 Å². The van der Waals surface area contributed by atoms with Crippen LogP contribution in [0.25, 0.3) is 11.1 Å². The van der Waals surface area contributed by atoms with Gasteiger partial charge in [0.15, 0.2) is 5.84 Å². The third kappa shape index (κ3) is 4.64. The number of nitrogens with one attached hydrogen (secondary N) is 1. The summed E-state index contributed by atoms with van der Waals surface area (Å²) in [6, 6.07) is 13.9. The molecule has 0 spiro atoms. The number of hydrazone groups is 1. The SMILES string of the molecule is Cc1cc(C)c2c(c1)N(c1cc(-c3ccccc3/C(N)=N/NN)cnc1SC(C)(C)C)C(=O)C2. The van der Waals surface area contributed by atoms with Crippen molar-refractivity contribution in [2.45, 2.75) is 50.8 Å². The van der Waals surface area contributed by atoms with Gasteiger partial charge in [0.25, 0.3) is 0 Å². The molecule has 0 atom stereocenters. The summed E-state index contributed by atoms with van der Waals surface area (Å²) in [5.74, 6) is 5.66. The fourth-order valence-corrected chi connectivity index (χ4v) is 5.18. The average molecular weight is 475 g/mol. The predicted molar refractivity (Wildman–Crippen MR) is 140 cm³/mol. The van der Waals surface area contributed by atoms with Crippen LogP contribution in [0, 0.1) is 13.8 Å². The highest BCUT2D eigenvalue weighted by Crippen LogP contribution is 2.45. The van der Waals surface area contributed by atoms with Crippen LogP contribution in [0.15, 0.2) is 58.8 Å². The van der Waals surface area contributed by atoms with Crippen molar-refractivity contribution in [1.82, 2.24) is 10.5 Å². The number of amides is 1. The van der Waals surface area contributed by atoms with Crippen molar-refractivity contribution in [3.8, 4) is 11.1 Å². The smallest absolute Gasteiger partial charge is 0.236 e. The molecule has 1 aromatic heterocycles. The Bertz CT molecular complexity index is 1290. The van der Waals surface area contributed by atoms with Crippen LogP contribution in [0.3, 0.4) is 0 Å². The van der Waals surface area contributed by atoms with E-state index >= 15 is 0 Å². The van der Waals surface area contributed by atoms with E-state index in [9.17, 15) is 4.79 Å². The van der Waals surface area contributed by atoms with Gasteiger partial charge in [0.05, 0.1) is 17.8 Å². The van der Waals surface area contributed by atoms with Gasteiger partial charge in [0.1, 0.15) is 5.03 Å². The largest absolute Gasteiger partial charge is 0.382 e. The molecule has 0 fully saturated rings. The standard InChI is InChI=1S/C26H30N6OS/c1-15-10-16(2)20-13-23(33)32(21(20)11-15)22-12-17(14-29-25(22)34-26(3,4)5)18-8-6-7-9-19(18)24(27)30-31-28/h6-12,14,31H,13,28H2,1-5H3,(H2,27,30). The number of carbonyl (C=O) groups excluding carboxylic acids is 1. The van der Waals surface area contributed by atoms with Gasteiger partial charge in [-0.1, -0.05) is 62.9 Å². The number of thioether (sulfide) groups is 1. The number of aromatic nitrogens is 1. The molecule has 0 unspecified atom stereocenters. The van der Waals surface area contributed by atoms with Gasteiger partial charge < -0.3 is 5.73 Å². The van der Waals surface area contributed by atoms with Crippen LogP contribution < -0.4 is 22.0 Å². The van der Waals surface area contributed by atoms with Crippen LogP contribution in [-0.2, 0) is 11.2 Å². The topological polar surface area (TPSA) is 110 Å². The van der Waals surface area contributed by atoms with Crippen LogP contribution in [0.5, 0.6) is 0 Å². The summed E-state index contributed by atoms with van der Waals surface area (Å²) in [5.41, 5.74) is 15.8. The van der Waals surface area contributed by atoms with Crippen LogP contribution in [-0.4, -0.2) is 21.5 Å². The molecule has 0 bridgehead atoms. The number of pyridine rings is 1. The lowest BCUT2D eigenvalue weighted by atomic mass is 10.00. The minimum Gasteiger partial charge on any atom is -0.382 e. The summed E-state index contributed by atoms with van der Waals surface area (Å²) in [5, 5.41) is 4.75. The number of fused-ring (bicyclic) bond motifs is 1. The Morgan fingerprint density at radius 2 is 1.88 bits per heavy atom. The summed E-state index contributed by atoms with van der Waals surface area (Å²) in [6.45, 7) is 10.5. The lowest BCUT2D eigenvalue weighted by Crippen LogP contribution is -2.24. The van der Waals surface area contributed by atoms with Gasteiger partial charge in [0, 0.05) is 22.1 Å². The maximum atomic E-state index is 13.3. The number of benzene rings is 2. The number of nitrogens with zero attached hydrogens (tertiary/aromatic N) is 3. The van der Waals surface area contributed by atoms with Crippen molar-refractivity contribution in [3.05, 3.63) is 70.9 Å². The molecular weight excluding hydrogens is 444 g/mol. The quantitative estimate of drug-likeness (QED) is 0.164. The molecule has 0 aliphatic carbocycles. The minimum absolute atomic E-state index is 0.0418. The lowest BCUT2D eigenvalue weighted by Gasteiger charge is -2.25. The van der Waals surface area contributed by atoms with Gasteiger partial charge in [0.2, 0.25) is 5.91 Å². The van der Waals surface area contributed by atoms with E-state index in [2.05, 4.69) is 57.4 Å². The summed E-state index contributed by atoms with van der Waals surface area (Å²) in [6.07, 6.45) is 2.20. The van der Waals surface area contributed by atoms with E-state index in [0.717, 1.165) is 49.8 Å². The van der Waals surface area contributed by atoms with Gasteiger partial charge >= 0.3 is 0 Å². The summed E-state index contributed by atoms with van der Waals surface area (Å²) in [7, 11) is 0. The minimum atomic E-state index is -0.0841. The number of anilines is 2. The van der Waals surface area contributed by atoms with Gasteiger partial charge in [-0.15, -0.1) is 5.10 Å². The number of nitrogens with two attached hydrogens (primary N) is 2. The molecule has 0 saturated carbocycles. The second kappa shape index (κ2) is 9.12. The average Bonchev–Trinajstić information content (AvgIpc) is 3.09. The second-order valence-electron chi connectivity index (χ2n) is 9.42. The summed E-state index contributed by atoms with van der Waals surface area (Å²) < 4.78 is -0.0841. The number of hydrogen-bond donors (Lipinski definition) is 3. The van der Waals surface area contributed by atoms with Crippen molar-refractivity contribution >= 4 is 34.9 Å². The molecule has 0 radical (unpaired) electrons. The van der Waals surface area contributed by atoms with E-state index in [-0.39, 0.29) is 16.5 Å². The first-order valence-electron chi connectivity index (χ1n) is 11.1. The first kappa shape index (κ1) is 23.8. The Kier molecular flexibility index (Phi) is 6.38. The van der Waals surface area contributed by atoms with E-state index in [4.69, 9.17) is 16.6 Å². The van der Waals surface area contributed by atoms with Crippen molar-refractivity contribution < 1.29 is 4.79 Å². The molecule has 1 aliphatic rings. The Morgan fingerprint density at radius 3 is 2.59 bits per heavy atom. The molecule has 2 heterocycles. The molecule has 5 N–H and O–H groups in total. The molecule has 7 nitrogen and oxygen atoms in total. The molecular formula is C26H30N6OS. The highest BCUT2D eigenvalue weighted by atomic mass is 32.2. The highest BCUT2D eigenvalue weighted by Gasteiger charge is 2.33. The van der Waals surface area contributed by atoms with Gasteiger partial charge in [-0.3, -0.25) is 9.69 Å². The first-order chi connectivity index (χ1) is 16.1. The Hall–Kier alpha value is -3.36. The maximum absolute atomic E-state index is 13.3. The van der Waals surface area contributed by atoms with E-state index in [1.54, 1.807) is 11.8 Å². The molecule has 4 rings (SSSR count). The molecule has 1 aliphatic heterocycles. The Morgan fingerprint density at radius 1 is 1.15 bits per heavy atom. The molecule has 34 heavy (non-hydrogen) atoms. The molecule has 0 saturated heterocycles. The van der Waals surface area contributed by atoms with Gasteiger partial charge in [-0.05, 0) is 48.2 Å². The molecule has 2 aromatic carbocycles. The van der Waals surface area contributed by atoms with Crippen LogP contribution >= 0.6 is 11.8 Å². The fraction of sp³-hybridized carbons (Fsp3) is 0.269. The van der Waals surface area contributed by atoms with Gasteiger partial charge in [-0.2, -0.15) is 0 Å². The number of amidine groups is 1. The zero-order chi connectivity index (χ0) is 24.6. The Balaban J connectivity index is 1.93. The van der Waals surface area contributed by atoms with Crippen molar-refractivity contribution in [2.75, 3.05) is 4.90 Å². The van der Waals surface area contributed by atoms with Crippen molar-refractivity contribution in [2.24, 2.45) is 16.7 Å². The molecule has 3 aromatic rings. The summed E-state index contributed by atoms with van der Waals surface area (Å²) >= 11 is 1.64. The van der Waals surface area contributed by atoms with Crippen LogP contribution in [0.2, 0.25) is 0 Å². The zero-order valence-corrected chi connectivity index (χ0v) is 21.0. The number of carbonyl (C=O) groups is 1. The second-order valence-corrected chi connectivity index (χ2v) is 11.2. The third-order valence-corrected chi connectivity index (χ3v) is 6.71. The third-order valence-electron chi connectivity index (χ3n) is 5.59. The number of hydrogen-bond acceptors (Lipinski definition) is 6. The predicted octanol–water partition coefficient (Wildman–Crippen LogP) is 4.56. The molecule has 1 amide bonds. The maximum Gasteiger partial charge on any atom is 0.236 e. The van der Waals surface area contributed by atoms with Crippen molar-refractivity contribution in [1.29, 1.82) is 0 Å². The Labute approximate surface area is 204 Å². The number of hydrazine groups is 1. The van der Waals surface area contributed by atoms with Crippen LogP contribution in [0.4, 0.5) is 11.4 Å². The summed E-state index contributed by atoms with van der Waals surface area (Å²) in [4.78, 5) is 20.0. The molecule has 176 valence electrons. The first-order valence-corrected chi connectivity index (χ1v) is 11.9. The van der Waals surface area contributed by atoms with E-state index in [1.165, 1.54) is 0 Å². The molecule has 8 heteroatoms. The highest BCUT2D eigenvalue weighted by molar-refractivity contribution is 8.00. The monoisotopic (exact) mass is 474 g/mol. The van der Waals surface area contributed by atoms with Crippen LogP contribution in [0.1, 0.15) is 43.0 Å². The fourth-order valence-electron chi connectivity index (χ4n) is 4.24. The van der Waals surface area contributed by atoms with Crippen molar-refractivity contribution in [3.63, 3.8) is 0 Å².